The van der Waals surface area contributed by atoms with E-state index in [4.69, 9.17) is 18.9 Å². The second kappa shape index (κ2) is 7.92. The molecule has 0 aromatic heterocycles. The van der Waals surface area contributed by atoms with Gasteiger partial charge in [0.15, 0.2) is 12.2 Å². The summed E-state index contributed by atoms with van der Waals surface area (Å²) in [6.45, 7) is 5.57. The van der Waals surface area contributed by atoms with E-state index in [1.54, 1.807) is 0 Å². The van der Waals surface area contributed by atoms with Gasteiger partial charge in [-0.3, -0.25) is 14.4 Å². The number of esters is 3. The van der Waals surface area contributed by atoms with Crippen molar-refractivity contribution in [2.45, 2.75) is 56.0 Å². The number of carbonyl (C=O) groups excluding carboxylic acids is 3. The molecule has 5 unspecified atom stereocenters. The molecule has 0 aromatic carbocycles. The molecule has 0 aromatic rings. The average molecular weight is 414 g/mol. The maximum Gasteiger partial charge on any atom is 0.303 e. The molecule has 1 heterocycles. The van der Waals surface area contributed by atoms with E-state index in [1.165, 1.54) is 20.8 Å². The highest BCUT2D eigenvalue weighted by Gasteiger charge is 2.47. The average Bonchev–Trinajstić information content (AvgIpc) is 2.35. The molecule has 8 heteroatoms. The first-order valence-corrected chi connectivity index (χ1v) is 7.74. The third-order valence-electron chi connectivity index (χ3n) is 2.90. The predicted octanol–water partition coefficient (Wildman–Crippen LogP) is 1.00. The van der Waals surface area contributed by atoms with Crippen molar-refractivity contribution in [1.29, 1.82) is 0 Å². The van der Waals surface area contributed by atoms with E-state index >= 15 is 0 Å². The lowest BCUT2D eigenvalue weighted by molar-refractivity contribution is -0.208. The van der Waals surface area contributed by atoms with E-state index in [2.05, 4.69) is 22.6 Å². The lowest BCUT2D eigenvalue weighted by atomic mass is 9.98. The molecule has 0 radical (unpaired) electrons. The largest absolute Gasteiger partial charge is 0.463 e. The Bertz CT molecular complexity index is 411. The van der Waals surface area contributed by atoms with E-state index in [9.17, 15) is 14.4 Å². The summed E-state index contributed by atoms with van der Waals surface area (Å²) in [5.41, 5.74) is 0. The van der Waals surface area contributed by atoms with Crippen LogP contribution in [0.1, 0.15) is 27.7 Å². The van der Waals surface area contributed by atoms with Crippen molar-refractivity contribution in [2.75, 3.05) is 6.61 Å². The molecule has 0 bridgehead atoms. The van der Waals surface area contributed by atoms with Gasteiger partial charge < -0.3 is 18.9 Å². The normalized spacial score (nSPS) is 32.1. The van der Waals surface area contributed by atoms with Crippen LogP contribution in [-0.4, -0.2) is 52.9 Å². The molecule has 7 nitrogen and oxygen atoms in total. The number of rotatable bonds is 4. The molecule has 1 fully saturated rings. The smallest absolute Gasteiger partial charge is 0.303 e. The summed E-state index contributed by atoms with van der Waals surface area (Å²) in [7, 11) is 0. The first-order chi connectivity index (χ1) is 9.72. The van der Waals surface area contributed by atoms with Crippen molar-refractivity contribution >= 4 is 40.5 Å². The molecule has 0 spiro atoms. The van der Waals surface area contributed by atoms with Gasteiger partial charge in [0.2, 0.25) is 0 Å². The maximum atomic E-state index is 11.3. The van der Waals surface area contributed by atoms with Crippen molar-refractivity contribution in [3.63, 3.8) is 0 Å². The second-order valence-corrected chi connectivity index (χ2v) is 6.21. The Hall–Kier alpha value is -0.900. The van der Waals surface area contributed by atoms with Crippen molar-refractivity contribution in [3.05, 3.63) is 0 Å². The van der Waals surface area contributed by atoms with Crippen LogP contribution < -0.4 is 0 Å². The molecular formula is C13H19IO7. The minimum Gasteiger partial charge on any atom is -0.463 e. The van der Waals surface area contributed by atoms with Gasteiger partial charge in [-0.1, -0.05) is 22.6 Å². The molecule has 0 amide bonds. The van der Waals surface area contributed by atoms with Gasteiger partial charge in [0.1, 0.15) is 12.7 Å². The minimum atomic E-state index is -0.816. The van der Waals surface area contributed by atoms with Crippen molar-refractivity contribution in [3.8, 4) is 0 Å². The van der Waals surface area contributed by atoms with Gasteiger partial charge in [0.05, 0.1) is 10.0 Å². The fraction of sp³-hybridized carbons (Fsp3) is 0.769. The number of halogens is 1. The van der Waals surface area contributed by atoms with Crippen LogP contribution in [0.25, 0.3) is 0 Å². The van der Waals surface area contributed by atoms with Gasteiger partial charge in [0.25, 0.3) is 0 Å². The Kier molecular flexibility index (Phi) is 6.85. The van der Waals surface area contributed by atoms with Gasteiger partial charge >= 0.3 is 17.9 Å². The highest BCUT2D eigenvalue weighted by molar-refractivity contribution is 14.1. The Balaban J connectivity index is 2.94. The van der Waals surface area contributed by atoms with Crippen LogP contribution in [-0.2, 0) is 33.3 Å². The van der Waals surface area contributed by atoms with Crippen LogP contribution in [0.5, 0.6) is 0 Å². The van der Waals surface area contributed by atoms with E-state index in [0.29, 0.717) is 0 Å². The first kappa shape index (κ1) is 18.1. The number of hydrogen-bond donors (Lipinski definition) is 0. The fourth-order valence-electron chi connectivity index (χ4n) is 2.08. The predicted molar refractivity (Wildman–Crippen MR) is 79.9 cm³/mol. The Morgan fingerprint density at radius 1 is 1.00 bits per heavy atom. The van der Waals surface area contributed by atoms with Crippen LogP contribution in [0.2, 0.25) is 0 Å². The summed E-state index contributed by atoms with van der Waals surface area (Å²) < 4.78 is 21.0. The summed E-state index contributed by atoms with van der Waals surface area (Å²) in [4.78, 5) is 33.5. The molecule has 1 rings (SSSR count). The number of carbonyl (C=O) groups is 3. The summed E-state index contributed by atoms with van der Waals surface area (Å²) in [5.74, 6) is -1.46. The maximum absolute atomic E-state index is 11.3. The van der Waals surface area contributed by atoms with Crippen LogP contribution in [0.3, 0.4) is 0 Å². The number of alkyl halides is 1. The molecule has 0 saturated carbocycles. The SMILES string of the molecule is CC(=O)OCC1OC(C)C(I)C(OC(C)=O)C1OC(C)=O. The summed E-state index contributed by atoms with van der Waals surface area (Å²) in [6, 6.07) is 0. The Labute approximate surface area is 136 Å². The van der Waals surface area contributed by atoms with E-state index in [-0.39, 0.29) is 16.6 Å². The monoisotopic (exact) mass is 414 g/mol. The molecule has 1 saturated heterocycles. The molecule has 120 valence electrons. The zero-order valence-electron chi connectivity index (χ0n) is 12.3. The van der Waals surface area contributed by atoms with Gasteiger partial charge in [-0.05, 0) is 6.92 Å². The quantitative estimate of drug-likeness (QED) is 0.294. The third-order valence-corrected chi connectivity index (χ3v) is 4.62. The minimum absolute atomic E-state index is 0.0707. The van der Waals surface area contributed by atoms with Crippen molar-refractivity contribution in [2.24, 2.45) is 0 Å². The summed E-state index contributed by atoms with van der Waals surface area (Å²) in [5, 5.41) is 0. The Morgan fingerprint density at radius 2 is 1.52 bits per heavy atom. The molecule has 5 atom stereocenters. The van der Waals surface area contributed by atoms with E-state index < -0.39 is 36.2 Å². The molecule has 21 heavy (non-hydrogen) atoms. The van der Waals surface area contributed by atoms with Crippen LogP contribution >= 0.6 is 22.6 Å². The standard InChI is InChI=1S/C13H19IO7/c1-6-11(14)13(21-9(4)17)12(20-8(3)16)10(19-6)5-18-7(2)15/h6,10-13H,5H2,1-4H3. The highest BCUT2D eigenvalue weighted by atomic mass is 127. The van der Waals surface area contributed by atoms with Crippen molar-refractivity contribution < 1.29 is 33.3 Å². The zero-order chi connectivity index (χ0) is 16.2. The van der Waals surface area contributed by atoms with E-state index in [0.717, 1.165) is 0 Å². The van der Waals surface area contributed by atoms with Crippen LogP contribution in [0, 0.1) is 0 Å². The molecular weight excluding hydrogens is 395 g/mol. The van der Waals surface area contributed by atoms with Crippen LogP contribution in [0.4, 0.5) is 0 Å². The van der Waals surface area contributed by atoms with Crippen LogP contribution in [0.15, 0.2) is 0 Å². The van der Waals surface area contributed by atoms with Gasteiger partial charge in [0, 0.05) is 20.8 Å². The van der Waals surface area contributed by atoms with Crippen molar-refractivity contribution in [1.82, 2.24) is 0 Å². The topological polar surface area (TPSA) is 88.1 Å². The molecule has 1 aliphatic rings. The molecule has 0 N–H and O–H groups in total. The first-order valence-electron chi connectivity index (χ1n) is 6.49. The third kappa shape index (κ3) is 5.42. The Morgan fingerprint density at radius 3 is 2.00 bits per heavy atom. The summed E-state index contributed by atoms with van der Waals surface area (Å²) >= 11 is 2.09. The lowest BCUT2D eigenvalue weighted by Crippen LogP contribution is -2.58. The highest BCUT2D eigenvalue weighted by Crippen LogP contribution is 2.31. The summed E-state index contributed by atoms with van der Waals surface area (Å²) in [6.07, 6.45) is -2.40. The molecule has 0 aliphatic carbocycles. The fourth-order valence-corrected chi connectivity index (χ4v) is 2.81. The second-order valence-electron chi connectivity index (χ2n) is 4.77. The number of ether oxygens (including phenoxy) is 4. The lowest BCUT2D eigenvalue weighted by Gasteiger charge is -2.42. The zero-order valence-corrected chi connectivity index (χ0v) is 14.5. The van der Waals surface area contributed by atoms with Gasteiger partial charge in [-0.25, -0.2) is 0 Å². The van der Waals surface area contributed by atoms with Gasteiger partial charge in [-0.15, -0.1) is 0 Å². The molecule has 1 aliphatic heterocycles. The van der Waals surface area contributed by atoms with Gasteiger partial charge in [-0.2, -0.15) is 0 Å². The number of hydrogen-bond acceptors (Lipinski definition) is 7. The van der Waals surface area contributed by atoms with E-state index in [1.807, 2.05) is 6.92 Å².